The second-order valence-electron chi connectivity index (χ2n) is 3.56. The monoisotopic (exact) mass is 407 g/mol. The van der Waals surface area contributed by atoms with E-state index in [1.165, 1.54) is 6.07 Å². The summed E-state index contributed by atoms with van der Waals surface area (Å²) in [5.41, 5.74) is -0.0742. The number of hydrogen-bond acceptors (Lipinski definition) is 4. The molecule has 0 atom stereocenters. The van der Waals surface area contributed by atoms with Gasteiger partial charge in [-0.1, -0.05) is 0 Å². The average molecular weight is 407 g/mol. The van der Waals surface area contributed by atoms with E-state index in [1.54, 1.807) is 29.5 Å². The van der Waals surface area contributed by atoms with Crippen LogP contribution in [0.3, 0.4) is 0 Å². The van der Waals surface area contributed by atoms with Crippen LogP contribution in [0, 0.1) is 3.57 Å². The van der Waals surface area contributed by atoms with E-state index in [1.807, 2.05) is 0 Å². The lowest BCUT2D eigenvalue weighted by Gasteiger charge is -2.13. The van der Waals surface area contributed by atoms with Crippen molar-refractivity contribution in [2.45, 2.75) is 26.4 Å². The van der Waals surface area contributed by atoms with Gasteiger partial charge >= 0.3 is 12.3 Å². The first-order chi connectivity index (χ1) is 9.26. The normalized spacial score (nSPS) is 11.3. The topological polar surface area (TPSA) is 48.4 Å². The molecule has 4 nitrogen and oxygen atoms in total. The number of aromatic nitrogens is 1. The summed E-state index contributed by atoms with van der Waals surface area (Å²) in [7, 11) is 0. The minimum absolute atomic E-state index is 0.00909. The SMILES string of the molecule is CCOC(=O)Cc1cc(CF)nc(OC(F)(F)F)c1I. The van der Waals surface area contributed by atoms with Crippen LogP contribution in [0.15, 0.2) is 6.07 Å². The van der Waals surface area contributed by atoms with Gasteiger partial charge in [-0.3, -0.25) is 4.79 Å². The first-order valence-electron chi connectivity index (χ1n) is 5.42. The Balaban J connectivity index is 3.10. The summed E-state index contributed by atoms with van der Waals surface area (Å²) in [6.07, 6.45) is -5.22. The van der Waals surface area contributed by atoms with Crippen molar-refractivity contribution in [1.82, 2.24) is 4.98 Å². The lowest BCUT2D eigenvalue weighted by atomic mass is 10.1. The van der Waals surface area contributed by atoms with Crippen molar-refractivity contribution in [3.63, 3.8) is 0 Å². The molecule has 0 N–H and O–H groups in total. The van der Waals surface area contributed by atoms with E-state index in [9.17, 15) is 22.4 Å². The highest BCUT2D eigenvalue weighted by atomic mass is 127. The summed E-state index contributed by atoms with van der Waals surface area (Å²) in [4.78, 5) is 14.8. The van der Waals surface area contributed by atoms with Crippen LogP contribution in [0.4, 0.5) is 17.6 Å². The van der Waals surface area contributed by atoms with Gasteiger partial charge in [-0.25, -0.2) is 9.37 Å². The summed E-state index contributed by atoms with van der Waals surface area (Å²) in [6.45, 7) is 0.671. The van der Waals surface area contributed by atoms with Gasteiger partial charge in [0, 0.05) is 0 Å². The molecule has 0 radical (unpaired) electrons. The number of carbonyl (C=O) groups excluding carboxylic acids is 1. The number of rotatable bonds is 5. The number of alkyl halides is 4. The van der Waals surface area contributed by atoms with Crippen molar-refractivity contribution in [3.8, 4) is 5.88 Å². The van der Waals surface area contributed by atoms with Gasteiger partial charge in [0.2, 0.25) is 5.88 Å². The second-order valence-corrected chi connectivity index (χ2v) is 4.63. The molecule has 1 aromatic rings. The highest BCUT2D eigenvalue weighted by Crippen LogP contribution is 2.29. The summed E-state index contributed by atoms with van der Waals surface area (Å²) >= 11 is 1.56. The van der Waals surface area contributed by atoms with E-state index < -0.39 is 24.9 Å². The Kier molecular flexibility index (Phi) is 5.96. The second kappa shape index (κ2) is 7.04. The van der Waals surface area contributed by atoms with Crippen LogP contribution in [0.1, 0.15) is 18.2 Å². The number of ether oxygens (including phenoxy) is 2. The first-order valence-corrected chi connectivity index (χ1v) is 6.50. The lowest BCUT2D eigenvalue weighted by Crippen LogP contribution is -2.20. The Morgan fingerprint density at radius 1 is 1.45 bits per heavy atom. The van der Waals surface area contributed by atoms with Crippen LogP contribution in [0.5, 0.6) is 5.88 Å². The Bertz CT molecular complexity index is 493. The summed E-state index contributed by atoms with van der Waals surface area (Å²) in [5.74, 6) is -1.40. The molecular formula is C11H10F4INO3. The standard InChI is InChI=1S/C11H10F4INO3/c1-2-19-8(18)4-6-3-7(5-12)17-10(9(6)16)20-11(13,14)15/h3H,2,4-5H2,1H3. The number of pyridine rings is 1. The summed E-state index contributed by atoms with van der Waals surface area (Å²) < 4.78 is 57.7. The third-order valence-corrected chi connectivity index (χ3v) is 3.20. The van der Waals surface area contributed by atoms with Crippen molar-refractivity contribution in [1.29, 1.82) is 0 Å². The van der Waals surface area contributed by atoms with E-state index in [-0.39, 0.29) is 27.9 Å². The fourth-order valence-corrected chi connectivity index (χ4v) is 1.93. The van der Waals surface area contributed by atoms with Gasteiger partial charge < -0.3 is 9.47 Å². The number of nitrogens with zero attached hydrogens (tertiary/aromatic N) is 1. The number of hydrogen-bond donors (Lipinski definition) is 0. The van der Waals surface area contributed by atoms with Crippen LogP contribution in [0.2, 0.25) is 0 Å². The molecule has 9 heteroatoms. The molecule has 112 valence electrons. The van der Waals surface area contributed by atoms with Gasteiger partial charge in [0.25, 0.3) is 0 Å². The van der Waals surface area contributed by atoms with Crippen molar-refractivity contribution in [3.05, 3.63) is 20.9 Å². The fourth-order valence-electron chi connectivity index (χ4n) is 1.36. The van der Waals surface area contributed by atoms with Crippen molar-refractivity contribution in [2.24, 2.45) is 0 Å². The van der Waals surface area contributed by atoms with Crippen molar-refractivity contribution < 1.29 is 31.8 Å². The predicted octanol–water partition coefficient (Wildman–Crippen LogP) is 3.16. The minimum atomic E-state index is -4.94. The molecular weight excluding hydrogens is 397 g/mol. The smallest absolute Gasteiger partial charge is 0.466 e. The number of carbonyl (C=O) groups is 1. The first kappa shape index (κ1) is 16.9. The van der Waals surface area contributed by atoms with Crippen LogP contribution < -0.4 is 4.74 Å². The molecule has 0 aliphatic carbocycles. The molecule has 0 fully saturated rings. The summed E-state index contributed by atoms with van der Waals surface area (Å²) in [5, 5.41) is 0. The largest absolute Gasteiger partial charge is 0.574 e. The van der Waals surface area contributed by atoms with Crippen LogP contribution in [-0.4, -0.2) is 23.9 Å². The Hall–Kier alpha value is -1.13. The van der Waals surface area contributed by atoms with Gasteiger partial charge in [0.05, 0.1) is 22.3 Å². The third-order valence-electron chi connectivity index (χ3n) is 2.05. The van der Waals surface area contributed by atoms with Crippen molar-refractivity contribution >= 4 is 28.6 Å². The lowest BCUT2D eigenvalue weighted by molar-refractivity contribution is -0.276. The van der Waals surface area contributed by atoms with Crippen LogP contribution in [0.25, 0.3) is 0 Å². The highest BCUT2D eigenvalue weighted by Gasteiger charge is 2.33. The fraction of sp³-hybridized carbons (Fsp3) is 0.455. The number of esters is 1. The average Bonchev–Trinajstić information content (AvgIpc) is 2.32. The third kappa shape index (κ3) is 5.10. The van der Waals surface area contributed by atoms with Gasteiger partial charge in [-0.05, 0) is 41.1 Å². The Morgan fingerprint density at radius 3 is 2.60 bits per heavy atom. The molecule has 0 amide bonds. The zero-order valence-electron chi connectivity index (χ0n) is 10.3. The minimum Gasteiger partial charge on any atom is -0.466 e. The molecule has 20 heavy (non-hydrogen) atoms. The molecule has 0 unspecified atom stereocenters. The molecule has 0 saturated carbocycles. The van der Waals surface area contributed by atoms with E-state index in [4.69, 9.17) is 4.74 Å². The Morgan fingerprint density at radius 2 is 2.10 bits per heavy atom. The van der Waals surface area contributed by atoms with E-state index in [2.05, 4.69) is 9.72 Å². The van der Waals surface area contributed by atoms with Gasteiger partial charge in [-0.15, -0.1) is 13.2 Å². The molecule has 1 rings (SSSR count). The molecule has 0 aromatic carbocycles. The van der Waals surface area contributed by atoms with Gasteiger partial charge in [0.1, 0.15) is 6.67 Å². The molecule has 0 spiro atoms. The molecule has 1 heterocycles. The zero-order valence-corrected chi connectivity index (χ0v) is 12.4. The van der Waals surface area contributed by atoms with Crippen LogP contribution >= 0.6 is 22.6 Å². The summed E-state index contributed by atoms with van der Waals surface area (Å²) in [6, 6.07) is 1.21. The van der Waals surface area contributed by atoms with Gasteiger partial charge in [-0.2, -0.15) is 0 Å². The quantitative estimate of drug-likeness (QED) is 0.428. The zero-order chi connectivity index (χ0) is 15.3. The maximum absolute atomic E-state index is 12.6. The maximum Gasteiger partial charge on any atom is 0.574 e. The van der Waals surface area contributed by atoms with E-state index in [0.29, 0.717) is 0 Å². The molecule has 0 bridgehead atoms. The Labute approximate surface area is 125 Å². The molecule has 0 aliphatic heterocycles. The maximum atomic E-state index is 12.6. The van der Waals surface area contributed by atoms with E-state index >= 15 is 0 Å². The highest BCUT2D eigenvalue weighted by molar-refractivity contribution is 14.1. The van der Waals surface area contributed by atoms with Crippen molar-refractivity contribution in [2.75, 3.05) is 6.61 Å². The predicted molar refractivity (Wildman–Crippen MR) is 68.8 cm³/mol. The van der Waals surface area contributed by atoms with Crippen LogP contribution in [-0.2, 0) is 22.6 Å². The molecule has 0 aliphatic rings. The van der Waals surface area contributed by atoms with Gasteiger partial charge in [0.15, 0.2) is 0 Å². The van der Waals surface area contributed by atoms with E-state index in [0.717, 1.165) is 0 Å². The number of halogens is 5. The molecule has 0 saturated heterocycles. The molecule has 1 aromatic heterocycles.